The molecule has 0 aromatic heterocycles. The van der Waals surface area contributed by atoms with Gasteiger partial charge in [-0.3, -0.25) is 0 Å². The highest BCUT2D eigenvalue weighted by Gasteiger charge is 2.22. The summed E-state index contributed by atoms with van der Waals surface area (Å²) in [5.41, 5.74) is 1.91. The maximum Gasteiger partial charge on any atom is 0.407 e. The van der Waals surface area contributed by atoms with Crippen LogP contribution in [0.25, 0.3) is 0 Å². The highest BCUT2D eigenvalue weighted by atomic mass is 16.5. The van der Waals surface area contributed by atoms with Crippen molar-refractivity contribution in [3.63, 3.8) is 0 Å². The van der Waals surface area contributed by atoms with Crippen molar-refractivity contribution < 1.29 is 14.3 Å². The molecule has 3 amide bonds. The predicted molar refractivity (Wildman–Crippen MR) is 125 cm³/mol. The van der Waals surface area contributed by atoms with Crippen LogP contribution in [0, 0.1) is 5.92 Å². The van der Waals surface area contributed by atoms with Crippen molar-refractivity contribution >= 4 is 17.8 Å². The fourth-order valence-electron chi connectivity index (χ4n) is 3.41. The number of urea groups is 1. The highest BCUT2D eigenvalue weighted by Crippen LogP contribution is 2.18. The average Bonchev–Trinajstić information content (AvgIpc) is 2.68. The molecule has 174 valence electrons. The summed E-state index contributed by atoms with van der Waals surface area (Å²) in [6.07, 6.45) is 3.19. The largest absolute Gasteiger partial charge is 0.449 e. The van der Waals surface area contributed by atoms with Crippen LogP contribution in [0.15, 0.2) is 24.3 Å². The number of likely N-dealkylation sites (tertiary alicyclic amines) is 1. The normalized spacial score (nSPS) is 15.0. The summed E-state index contributed by atoms with van der Waals surface area (Å²) < 4.78 is 5.24. The second kappa shape index (κ2) is 11.8. The number of nitrogens with one attached hydrogen (secondary N) is 3. The Balaban J connectivity index is 1.67. The molecule has 0 aliphatic carbocycles. The van der Waals surface area contributed by atoms with Crippen molar-refractivity contribution in [3.8, 4) is 0 Å². The summed E-state index contributed by atoms with van der Waals surface area (Å²) in [6, 6.07) is 8.68. The predicted octanol–water partition coefficient (Wildman–Crippen LogP) is 4.39. The smallest absolute Gasteiger partial charge is 0.407 e. The second-order valence-corrected chi connectivity index (χ2v) is 9.78. The molecule has 1 heterocycles. The van der Waals surface area contributed by atoms with Crippen LogP contribution in [0.5, 0.6) is 0 Å². The zero-order valence-corrected chi connectivity index (χ0v) is 19.8. The van der Waals surface area contributed by atoms with Crippen molar-refractivity contribution in [1.29, 1.82) is 0 Å². The van der Waals surface area contributed by atoms with Gasteiger partial charge in [0, 0.05) is 43.3 Å². The van der Waals surface area contributed by atoms with Crippen LogP contribution in [-0.4, -0.2) is 54.8 Å². The van der Waals surface area contributed by atoms with Crippen molar-refractivity contribution in [2.75, 3.05) is 31.6 Å². The summed E-state index contributed by atoms with van der Waals surface area (Å²) in [4.78, 5) is 25.8. The molecule has 1 fully saturated rings. The molecule has 1 aliphatic rings. The molecule has 0 spiro atoms. The number of amides is 3. The number of benzene rings is 1. The maximum absolute atomic E-state index is 12.2. The standard InChI is InChI=1S/C24H40N4O3/c1-18(2)10-14-25-22(29)28-15-11-21(12-16-28)26-20-8-6-19(7-9-20)13-17-31-23(30)27-24(3,4)5/h6-9,18,21,26H,10-17H2,1-5H3,(H,25,29)(H,27,30). The van der Waals surface area contributed by atoms with Gasteiger partial charge in [-0.1, -0.05) is 26.0 Å². The van der Waals surface area contributed by atoms with E-state index in [1.807, 2.05) is 25.7 Å². The van der Waals surface area contributed by atoms with Crippen LogP contribution in [0.1, 0.15) is 59.4 Å². The lowest BCUT2D eigenvalue weighted by Crippen LogP contribution is -2.47. The van der Waals surface area contributed by atoms with Crippen molar-refractivity contribution in [1.82, 2.24) is 15.5 Å². The number of nitrogens with zero attached hydrogens (tertiary/aromatic N) is 1. The van der Waals surface area contributed by atoms with Crippen LogP contribution >= 0.6 is 0 Å². The first-order valence-corrected chi connectivity index (χ1v) is 11.5. The SMILES string of the molecule is CC(C)CCNC(=O)N1CCC(Nc2ccc(CCOC(=O)NC(C)(C)C)cc2)CC1. The van der Waals surface area contributed by atoms with E-state index in [0.29, 0.717) is 25.0 Å². The van der Waals surface area contributed by atoms with Crippen LogP contribution < -0.4 is 16.0 Å². The molecule has 1 aliphatic heterocycles. The molecule has 7 heteroatoms. The van der Waals surface area contributed by atoms with Gasteiger partial charge in [0.2, 0.25) is 0 Å². The zero-order valence-electron chi connectivity index (χ0n) is 19.8. The first-order valence-electron chi connectivity index (χ1n) is 11.5. The van der Waals surface area contributed by atoms with Crippen molar-refractivity contribution in [2.24, 2.45) is 5.92 Å². The lowest BCUT2D eigenvalue weighted by molar-refractivity contribution is 0.139. The Morgan fingerprint density at radius 1 is 1.13 bits per heavy atom. The minimum absolute atomic E-state index is 0.0573. The van der Waals surface area contributed by atoms with E-state index in [4.69, 9.17) is 4.74 Å². The Morgan fingerprint density at radius 3 is 2.35 bits per heavy atom. The topological polar surface area (TPSA) is 82.7 Å². The maximum atomic E-state index is 12.2. The summed E-state index contributed by atoms with van der Waals surface area (Å²) in [5, 5.41) is 9.38. The Hall–Kier alpha value is -2.44. The number of anilines is 1. The average molecular weight is 433 g/mol. The summed E-state index contributed by atoms with van der Waals surface area (Å²) in [5.74, 6) is 0.599. The van der Waals surface area contributed by atoms with Gasteiger partial charge in [-0.05, 0) is 63.6 Å². The van der Waals surface area contributed by atoms with E-state index in [1.165, 1.54) is 0 Å². The Kier molecular flexibility index (Phi) is 9.46. The van der Waals surface area contributed by atoms with Gasteiger partial charge in [0.05, 0.1) is 6.61 Å². The van der Waals surface area contributed by atoms with Gasteiger partial charge in [-0.25, -0.2) is 9.59 Å². The Bertz CT molecular complexity index is 690. The Labute approximate surface area is 187 Å². The number of alkyl carbamates (subject to hydrolysis) is 1. The molecule has 1 aromatic rings. The van der Waals surface area contributed by atoms with E-state index in [9.17, 15) is 9.59 Å². The first-order chi connectivity index (χ1) is 14.6. The molecule has 31 heavy (non-hydrogen) atoms. The zero-order chi connectivity index (χ0) is 22.9. The van der Waals surface area contributed by atoms with Gasteiger partial charge in [-0.2, -0.15) is 0 Å². The van der Waals surface area contributed by atoms with Gasteiger partial charge in [0.1, 0.15) is 0 Å². The quantitative estimate of drug-likeness (QED) is 0.569. The summed E-state index contributed by atoms with van der Waals surface area (Å²) >= 11 is 0. The summed E-state index contributed by atoms with van der Waals surface area (Å²) in [6.45, 7) is 12.7. The van der Waals surface area contributed by atoms with E-state index in [-0.39, 0.29) is 17.7 Å². The van der Waals surface area contributed by atoms with Crippen LogP contribution in [0.3, 0.4) is 0 Å². The second-order valence-electron chi connectivity index (χ2n) is 9.78. The number of carbonyl (C=O) groups is 2. The van der Waals surface area contributed by atoms with Gasteiger partial charge >= 0.3 is 12.1 Å². The van der Waals surface area contributed by atoms with E-state index < -0.39 is 0 Å². The third kappa shape index (κ3) is 9.94. The molecule has 3 N–H and O–H groups in total. The van der Waals surface area contributed by atoms with E-state index in [0.717, 1.165) is 50.1 Å². The van der Waals surface area contributed by atoms with Crippen LogP contribution in [0.2, 0.25) is 0 Å². The molecule has 1 saturated heterocycles. The molecular weight excluding hydrogens is 392 g/mol. The number of rotatable bonds is 8. The molecule has 1 aromatic carbocycles. The molecule has 7 nitrogen and oxygen atoms in total. The molecule has 0 unspecified atom stereocenters. The van der Waals surface area contributed by atoms with Gasteiger partial charge < -0.3 is 25.6 Å². The molecular formula is C24H40N4O3. The fraction of sp³-hybridized carbons (Fsp3) is 0.667. The number of carbonyl (C=O) groups excluding carboxylic acids is 2. The Morgan fingerprint density at radius 2 is 1.77 bits per heavy atom. The molecule has 0 atom stereocenters. The van der Waals surface area contributed by atoms with E-state index in [2.05, 4.69) is 54.1 Å². The minimum Gasteiger partial charge on any atom is -0.449 e. The van der Waals surface area contributed by atoms with E-state index in [1.54, 1.807) is 0 Å². The minimum atomic E-state index is -0.384. The van der Waals surface area contributed by atoms with Crippen LogP contribution in [0.4, 0.5) is 15.3 Å². The fourth-order valence-corrected chi connectivity index (χ4v) is 3.41. The monoisotopic (exact) mass is 432 g/mol. The molecule has 0 radical (unpaired) electrons. The number of hydrogen-bond donors (Lipinski definition) is 3. The number of hydrogen-bond acceptors (Lipinski definition) is 4. The number of ether oxygens (including phenoxy) is 1. The summed E-state index contributed by atoms with van der Waals surface area (Å²) in [7, 11) is 0. The third-order valence-electron chi connectivity index (χ3n) is 5.21. The highest BCUT2D eigenvalue weighted by molar-refractivity contribution is 5.74. The third-order valence-corrected chi connectivity index (χ3v) is 5.21. The molecule has 0 bridgehead atoms. The van der Waals surface area contributed by atoms with Crippen LogP contribution in [-0.2, 0) is 11.2 Å². The van der Waals surface area contributed by atoms with Crippen molar-refractivity contribution in [3.05, 3.63) is 29.8 Å². The lowest BCUT2D eigenvalue weighted by atomic mass is 10.0. The van der Waals surface area contributed by atoms with Crippen molar-refractivity contribution in [2.45, 2.75) is 71.9 Å². The van der Waals surface area contributed by atoms with Gasteiger partial charge in [0.25, 0.3) is 0 Å². The van der Waals surface area contributed by atoms with Gasteiger partial charge in [-0.15, -0.1) is 0 Å². The van der Waals surface area contributed by atoms with E-state index >= 15 is 0 Å². The lowest BCUT2D eigenvalue weighted by Gasteiger charge is -2.33. The molecule has 0 saturated carbocycles. The first kappa shape index (κ1) is 24.8. The molecule has 2 rings (SSSR count). The number of piperidine rings is 1. The van der Waals surface area contributed by atoms with Gasteiger partial charge in [0.15, 0.2) is 0 Å².